The second kappa shape index (κ2) is 5.81. The van der Waals surface area contributed by atoms with Gasteiger partial charge in [0.2, 0.25) is 10.0 Å². The Labute approximate surface area is 108 Å². The number of primary sulfonamides is 1. The van der Waals surface area contributed by atoms with Gasteiger partial charge in [-0.15, -0.1) is 0 Å². The zero-order chi connectivity index (χ0) is 13.9. The van der Waals surface area contributed by atoms with Gasteiger partial charge in [-0.25, -0.2) is 13.6 Å². The van der Waals surface area contributed by atoms with Crippen LogP contribution in [0.2, 0.25) is 0 Å². The third kappa shape index (κ3) is 2.90. The minimum atomic E-state index is -3.74. The first-order valence-electron chi connectivity index (χ1n) is 5.98. The SMILES string of the molecule is CCc1nn(C(C)COC)c(CC)c1S(N)(=O)=O. The Balaban J connectivity index is 3.43. The standard InChI is InChI=1S/C11H21N3O3S/c1-5-9-11(18(12,15)16)10(6-2)14(13-9)8(3)7-17-4/h8H,5-7H2,1-4H3,(H2,12,15,16). The van der Waals surface area contributed by atoms with Crippen LogP contribution in [0.25, 0.3) is 0 Å². The van der Waals surface area contributed by atoms with Crippen LogP contribution in [0.1, 0.15) is 38.2 Å². The number of nitrogens with zero attached hydrogens (tertiary/aromatic N) is 2. The quantitative estimate of drug-likeness (QED) is 0.834. The maximum Gasteiger partial charge on any atom is 0.241 e. The van der Waals surface area contributed by atoms with E-state index in [1.54, 1.807) is 11.8 Å². The lowest BCUT2D eigenvalue weighted by Crippen LogP contribution is -2.18. The molecule has 1 heterocycles. The van der Waals surface area contributed by atoms with Gasteiger partial charge in [-0.2, -0.15) is 5.10 Å². The summed E-state index contributed by atoms with van der Waals surface area (Å²) in [5.41, 5.74) is 1.18. The normalized spacial score (nSPS) is 13.8. The van der Waals surface area contributed by atoms with Gasteiger partial charge >= 0.3 is 0 Å². The highest BCUT2D eigenvalue weighted by Crippen LogP contribution is 2.23. The Kier molecular flexibility index (Phi) is 4.89. The summed E-state index contributed by atoms with van der Waals surface area (Å²) >= 11 is 0. The molecule has 0 aliphatic rings. The molecule has 0 aliphatic heterocycles. The number of sulfonamides is 1. The summed E-state index contributed by atoms with van der Waals surface area (Å²) in [6, 6.07) is -0.0225. The van der Waals surface area contributed by atoms with E-state index in [4.69, 9.17) is 9.88 Å². The van der Waals surface area contributed by atoms with E-state index in [1.807, 2.05) is 20.8 Å². The molecule has 1 aromatic heterocycles. The first kappa shape index (κ1) is 15.1. The summed E-state index contributed by atoms with van der Waals surface area (Å²) in [6.07, 6.45) is 1.10. The number of ether oxygens (including phenoxy) is 1. The van der Waals surface area contributed by atoms with Crippen LogP contribution in [0, 0.1) is 0 Å². The summed E-state index contributed by atoms with van der Waals surface area (Å²) in [4.78, 5) is 0.176. The van der Waals surface area contributed by atoms with Gasteiger partial charge in [0, 0.05) is 7.11 Å². The molecule has 0 saturated carbocycles. The molecule has 6 nitrogen and oxygen atoms in total. The molecule has 0 bridgehead atoms. The second-order valence-electron chi connectivity index (χ2n) is 4.22. The fraction of sp³-hybridized carbons (Fsp3) is 0.727. The van der Waals surface area contributed by atoms with Crippen molar-refractivity contribution >= 4 is 10.0 Å². The Morgan fingerprint density at radius 1 is 1.39 bits per heavy atom. The zero-order valence-electron chi connectivity index (χ0n) is 11.3. The van der Waals surface area contributed by atoms with E-state index in [0.29, 0.717) is 30.8 Å². The van der Waals surface area contributed by atoms with Crippen LogP contribution in [-0.2, 0) is 27.6 Å². The summed E-state index contributed by atoms with van der Waals surface area (Å²) in [5.74, 6) is 0. The Morgan fingerprint density at radius 3 is 2.39 bits per heavy atom. The number of hydrogen-bond acceptors (Lipinski definition) is 4. The summed E-state index contributed by atoms with van der Waals surface area (Å²) in [6.45, 7) is 6.16. The molecular formula is C11H21N3O3S. The van der Waals surface area contributed by atoms with Gasteiger partial charge in [-0.1, -0.05) is 13.8 Å². The van der Waals surface area contributed by atoms with Crippen molar-refractivity contribution in [3.05, 3.63) is 11.4 Å². The molecule has 0 saturated heterocycles. The number of nitrogens with two attached hydrogens (primary N) is 1. The number of hydrogen-bond donors (Lipinski definition) is 1. The summed E-state index contributed by atoms with van der Waals surface area (Å²) in [7, 11) is -2.14. The van der Waals surface area contributed by atoms with Crippen LogP contribution in [0.3, 0.4) is 0 Å². The molecule has 7 heteroatoms. The molecule has 0 radical (unpaired) electrons. The van der Waals surface area contributed by atoms with Crippen LogP contribution in [-0.4, -0.2) is 31.9 Å². The molecule has 1 rings (SSSR count). The zero-order valence-corrected chi connectivity index (χ0v) is 12.1. The van der Waals surface area contributed by atoms with Crippen LogP contribution in [0.15, 0.2) is 4.90 Å². The van der Waals surface area contributed by atoms with Gasteiger partial charge in [-0.3, -0.25) is 4.68 Å². The predicted octanol–water partition coefficient (Wildman–Crippen LogP) is 0.863. The monoisotopic (exact) mass is 275 g/mol. The number of aromatic nitrogens is 2. The lowest BCUT2D eigenvalue weighted by Gasteiger charge is -2.14. The highest BCUT2D eigenvalue weighted by Gasteiger charge is 2.25. The van der Waals surface area contributed by atoms with E-state index < -0.39 is 10.0 Å². The van der Waals surface area contributed by atoms with E-state index in [-0.39, 0.29) is 10.9 Å². The van der Waals surface area contributed by atoms with Crippen molar-refractivity contribution in [2.24, 2.45) is 5.14 Å². The molecule has 1 atom stereocenters. The largest absolute Gasteiger partial charge is 0.382 e. The molecular weight excluding hydrogens is 254 g/mol. The van der Waals surface area contributed by atoms with Crippen molar-refractivity contribution in [2.45, 2.75) is 44.6 Å². The van der Waals surface area contributed by atoms with Gasteiger partial charge in [0.05, 0.1) is 24.0 Å². The minimum absolute atomic E-state index is 0.0225. The first-order valence-corrected chi connectivity index (χ1v) is 7.53. The smallest absolute Gasteiger partial charge is 0.241 e. The second-order valence-corrected chi connectivity index (χ2v) is 5.72. The molecule has 0 spiro atoms. The van der Waals surface area contributed by atoms with Crippen LogP contribution < -0.4 is 5.14 Å². The van der Waals surface area contributed by atoms with E-state index in [1.165, 1.54) is 0 Å². The van der Waals surface area contributed by atoms with Crippen molar-refractivity contribution in [3.8, 4) is 0 Å². The van der Waals surface area contributed by atoms with Crippen molar-refractivity contribution in [1.82, 2.24) is 9.78 Å². The lowest BCUT2D eigenvalue weighted by atomic mass is 10.2. The molecule has 18 heavy (non-hydrogen) atoms. The third-order valence-corrected chi connectivity index (χ3v) is 3.85. The molecule has 0 amide bonds. The molecule has 1 aromatic rings. The molecule has 0 aromatic carbocycles. The number of rotatable bonds is 6. The Hall–Kier alpha value is -0.920. The van der Waals surface area contributed by atoms with Crippen LogP contribution >= 0.6 is 0 Å². The third-order valence-electron chi connectivity index (χ3n) is 2.81. The molecule has 0 fully saturated rings. The lowest BCUT2D eigenvalue weighted by molar-refractivity contribution is 0.155. The van der Waals surface area contributed by atoms with Gasteiger partial charge in [0.1, 0.15) is 4.90 Å². The highest BCUT2D eigenvalue weighted by atomic mass is 32.2. The van der Waals surface area contributed by atoms with E-state index in [2.05, 4.69) is 5.10 Å². The molecule has 104 valence electrons. The van der Waals surface area contributed by atoms with Crippen molar-refractivity contribution in [2.75, 3.05) is 13.7 Å². The maximum absolute atomic E-state index is 11.7. The van der Waals surface area contributed by atoms with Gasteiger partial charge in [-0.05, 0) is 19.8 Å². The molecule has 1 unspecified atom stereocenters. The van der Waals surface area contributed by atoms with Crippen LogP contribution in [0.4, 0.5) is 0 Å². The van der Waals surface area contributed by atoms with E-state index in [9.17, 15) is 8.42 Å². The van der Waals surface area contributed by atoms with Gasteiger partial charge in [0.25, 0.3) is 0 Å². The molecule has 0 aliphatic carbocycles. The Morgan fingerprint density at radius 2 is 2.00 bits per heavy atom. The fourth-order valence-electron chi connectivity index (χ4n) is 2.07. The van der Waals surface area contributed by atoms with Crippen molar-refractivity contribution < 1.29 is 13.2 Å². The summed E-state index contributed by atoms with van der Waals surface area (Å²) in [5, 5.41) is 9.65. The first-order chi connectivity index (χ1) is 8.36. The minimum Gasteiger partial charge on any atom is -0.382 e. The summed E-state index contributed by atoms with van der Waals surface area (Å²) < 4.78 is 30.2. The number of methoxy groups -OCH3 is 1. The number of aryl methyl sites for hydroxylation is 1. The van der Waals surface area contributed by atoms with Crippen molar-refractivity contribution in [3.63, 3.8) is 0 Å². The predicted molar refractivity (Wildman–Crippen MR) is 68.9 cm³/mol. The average Bonchev–Trinajstić information content (AvgIpc) is 2.67. The van der Waals surface area contributed by atoms with Crippen LogP contribution in [0.5, 0.6) is 0 Å². The topological polar surface area (TPSA) is 87.2 Å². The van der Waals surface area contributed by atoms with E-state index in [0.717, 1.165) is 0 Å². The fourth-order valence-corrected chi connectivity index (χ4v) is 3.14. The van der Waals surface area contributed by atoms with Gasteiger partial charge < -0.3 is 4.74 Å². The van der Waals surface area contributed by atoms with Gasteiger partial charge in [0.15, 0.2) is 0 Å². The average molecular weight is 275 g/mol. The van der Waals surface area contributed by atoms with E-state index >= 15 is 0 Å². The highest BCUT2D eigenvalue weighted by molar-refractivity contribution is 7.89. The van der Waals surface area contributed by atoms with Crippen molar-refractivity contribution in [1.29, 1.82) is 0 Å². The Bertz CT molecular complexity index is 508. The molecule has 2 N–H and O–H groups in total. The maximum atomic E-state index is 11.7.